The van der Waals surface area contributed by atoms with E-state index in [2.05, 4.69) is 0 Å². The number of amides is 3. The highest BCUT2D eigenvalue weighted by atomic mass is 32.2. The standard InChI is InChI=1S/C22H28N2O5S2/c1-22(2,13-12-19(27)29-24-17(25)10-11-18(24)26)16(20(28)23(3)4)14-31-21(30)15-8-6-5-7-9-15/h5-9,16H,10-14H2,1-4H3. The number of rotatable bonds is 9. The third-order valence-corrected chi connectivity index (χ3v) is 6.83. The lowest BCUT2D eigenvalue weighted by Gasteiger charge is -2.35. The highest BCUT2D eigenvalue weighted by Crippen LogP contribution is 2.36. The van der Waals surface area contributed by atoms with E-state index in [1.165, 1.54) is 11.8 Å². The minimum absolute atomic E-state index is 0.0188. The first-order chi connectivity index (χ1) is 14.5. The molecule has 1 atom stereocenters. The molecule has 0 aliphatic carbocycles. The van der Waals surface area contributed by atoms with Crippen molar-refractivity contribution in [3.63, 3.8) is 0 Å². The molecule has 7 nitrogen and oxygen atoms in total. The molecule has 168 valence electrons. The Morgan fingerprint density at radius 1 is 1.16 bits per heavy atom. The number of imide groups is 1. The van der Waals surface area contributed by atoms with Gasteiger partial charge in [-0.2, -0.15) is 0 Å². The van der Waals surface area contributed by atoms with Crippen LogP contribution in [0.2, 0.25) is 0 Å². The lowest BCUT2D eigenvalue weighted by molar-refractivity contribution is -0.197. The Balaban J connectivity index is 2.01. The average molecular weight is 465 g/mol. The number of thiocarbonyl (C=S) groups is 1. The number of hydrogen-bond acceptors (Lipinski definition) is 7. The van der Waals surface area contributed by atoms with E-state index < -0.39 is 29.1 Å². The quantitative estimate of drug-likeness (QED) is 0.410. The molecule has 1 aliphatic rings. The summed E-state index contributed by atoms with van der Waals surface area (Å²) >= 11 is 6.96. The van der Waals surface area contributed by atoms with E-state index in [1.807, 2.05) is 44.2 Å². The summed E-state index contributed by atoms with van der Waals surface area (Å²) in [5.41, 5.74) is 0.387. The minimum Gasteiger partial charge on any atom is -0.349 e. The minimum atomic E-state index is -0.666. The molecule has 0 saturated carbocycles. The van der Waals surface area contributed by atoms with Gasteiger partial charge in [0, 0.05) is 39.1 Å². The zero-order chi connectivity index (χ0) is 23.2. The number of carbonyl (C=O) groups is 4. The SMILES string of the molecule is CN(C)C(=O)C(CSC(=S)c1ccccc1)C(C)(C)CCC(=O)ON1C(=O)CCC1=O. The van der Waals surface area contributed by atoms with Crippen molar-refractivity contribution >= 4 is 51.9 Å². The van der Waals surface area contributed by atoms with Gasteiger partial charge in [-0.05, 0) is 17.4 Å². The van der Waals surface area contributed by atoms with Crippen LogP contribution in [0.25, 0.3) is 0 Å². The number of hydrogen-bond donors (Lipinski definition) is 0. The van der Waals surface area contributed by atoms with Gasteiger partial charge in [0.1, 0.15) is 0 Å². The molecule has 1 aromatic carbocycles. The molecule has 1 heterocycles. The normalized spacial score (nSPS) is 15.0. The van der Waals surface area contributed by atoms with E-state index in [0.717, 1.165) is 5.56 Å². The number of nitrogens with zero attached hydrogens (tertiary/aromatic N) is 2. The second-order valence-electron chi connectivity index (χ2n) is 8.28. The van der Waals surface area contributed by atoms with E-state index >= 15 is 0 Å². The van der Waals surface area contributed by atoms with Gasteiger partial charge in [-0.25, -0.2) is 4.79 Å². The Morgan fingerprint density at radius 3 is 2.29 bits per heavy atom. The van der Waals surface area contributed by atoms with Gasteiger partial charge in [0.15, 0.2) is 0 Å². The van der Waals surface area contributed by atoms with Gasteiger partial charge >= 0.3 is 5.97 Å². The molecule has 2 rings (SSSR count). The van der Waals surface area contributed by atoms with Crippen LogP contribution in [0, 0.1) is 11.3 Å². The summed E-state index contributed by atoms with van der Waals surface area (Å²) in [5, 5.41) is 0.548. The molecule has 0 aromatic heterocycles. The van der Waals surface area contributed by atoms with E-state index in [0.29, 0.717) is 21.4 Å². The Labute approximate surface area is 192 Å². The zero-order valence-corrected chi connectivity index (χ0v) is 19.9. The van der Waals surface area contributed by atoms with Crippen LogP contribution in [0.15, 0.2) is 30.3 Å². The largest absolute Gasteiger partial charge is 0.349 e. The lowest BCUT2D eigenvalue weighted by Crippen LogP contribution is -2.41. The smallest absolute Gasteiger partial charge is 0.333 e. The van der Waals surface area contributed by atoms with E-state index in [1.54, 1.807) is 19.0 Å². The Bertz CT molecular complexity index is 839. The molecular formula is C22H28N2O5S2. The summed E-state index contributed by atoms with van der Waals surface area (Å²) in [6.07, 6.45) is 0.436. The van der Waals surface area contributed by atoms with Gasteiger partial charge in [-0.3, -0.25) is 14.4 Å². The molecular weight excluding hydrogens is 436 g/mol. The van der Waals surface area contributed by atoms with Crippen molar-refractivity contribution in [2.45, 2.75) is 39.5 Å². The fourth-order valence-corrected chi connectivity index (χ4v) is 4.72. The summed E-state index contributed by atoms with van der Waals surface area (Å²) in [4.78, 5) is 54.9. The first-order valence-corrected chi connectivity index (χ1v) is 11.4. The van der Waals surface area contributed by atoms with Gasteiger partial charge in [0.2, 0.25) is 5.91 Å². The fraction of sp³-hybridized carbons (Fsp3) is 0.500. The summed E-state index contributed by atoms with van der Waals surface area (Å²) < 4.78 is 0.707. The molecule has 1 aromatic rings. The second kappa shape index (κ2) is 10.9. The molecule has 9 heteroatoms. The molecule has 1 fully saturated rings. The van der Waals surface area contributed by atoms with Crippen LogP contribution in [0.5, 0.6) is 0 Å². The number of carbonyl (C=O) groups excluding carboxylic acids is 4. The topological polar surface area (TPSA) is 84.0 Å². The molecule has 1 unspecified atom stereocenters. The van der Waals surface area contributed by atoms with Crippen LogP contribution in [0.1, 0.15) is 45.1 Å². The van der Waals surface area contributed by atoms with Crippen molar-refractivity contribution < 1.29 is 24.0 Å². The third kappa shape index (κ3) is 6.87. The molecule has 3 amide bonds. The highest BCUT2D eigenvalue weighted by molar-refractivity contribution is 8.23. The third-order valence-electron chi connectivity index (χ3n) is 5.25. The van der Waals surface area contributed by atoms with Crippen LogP contribution < -0.4 is 0 Å². The molecule has 1 aliphatic heterocycles. The van der Waals surface area contributed by atoms with Crippen LogP contribution in [0.3, 0.4) is 0 Å². The first kappa shape index (κ1) is 25.0. The van der Waals surface area contributed by atoms with Crippen LogP contribution >= 0.6 is 24.0 Å². The van der Waals surface area contributed by atoms with E-state index in [-0.39, 0.29) is 25.2 Å². The van der Waals surface area contributed by atoms with Gasteiger partial charge in [-0.1, -0.05) is 56.4 Å². The summed E-state index contributed by atoms with van der Waals surface area (Å²) in [6, 6.07) is 9.60. The number of benzene rings is 1. The monoisotopic (exact) mass is 464 g/mol. The average Bonchev–Trinajstić information content (AvgIpc) is 3.04. The second-order valence-corrected chi connectivity index (χ2v) is 9.98. The van der Waals surface area contributed by atoms with Crippen molar-refractivity contribution in [2.24, 2.45) is 11.3 Å². The Morgan fingerprint density at radius 2 is 1.74 bits per heavy atom. The zero-order valence-electron chi connectivity index (χ0n) is 18.3. The fourth-order valence-electron chi connectivity index (χ4n) is 3.16. The highest BCUT2D eigenvalue weighted by Gasteiger charge is 2.38. The maximum atomic E-state index is 12.9. The number of hydroxylamine groups is 2. The Kier molecular flexibility index (Phi) is 8.76. The van der Waals surface area contributed by atoms with Gasteiger partial charge in [0.25, 0.3) is 11.8 Å². The maximum absolute atomic E-state index is 12.9. The van der Waals surface area contributed by atoms with Gasteiger partial charge < -0.3 is 9.74 Å². The van der Waals surface area contributed by atoms with E-state index in [4.69, 9.17) is 17.1 Å². The van der Waals surface area contributed by atoms with Crippen molar-refractivity contribution in [1.29, 1.82) is 0 Å². The van der Waals surface area contributed by atoms with E-state index in [9.17, 15) is 19.2 Å². The van der Waals surface area contributed by atoms with Crippen molar-refractivity contribution in [2.75, 3.05) is 19.8 Å². The van der Waals surface area contributed by atoms with Crippen molar-refractivity contribution in [3.8, 4) is 0 Å². The van der Waals surface area contributed by atoms with Crippen molar-refractivity contribution in [1.82, 2.24) is 9.96 Å². The summed E-state index contributed by atoms with van der Waals surface area (Å²) in [7, 11) is 3.40. The molecule has 0 bridgehead atoms. The lowest BCUT2D eigenvalue weighted by atomic mass is 9.75. The van der Waals surface area contributed by atoms with Gasteiger partial charge in [0.05, 0.1) is 10.1 Å². The maximum Gasteiger partial charge on any atom is 0.333 e. The molecule has 0 spiro atoms. The molecule has 0 N–H and O–H groups in total. The summed E-state index contributed by atoms with van der Waals surface area (Å²) in [5.74, 6) is -1.66. The van der Waals surface area contributed by atoms with Crippen molar-refractivity contribution in [3.05, 3.63) is 35.9 Å². The first-order valence-electron chi connectivity index (χ1n) is 10.0. The predicted octanol–water partition coefficient (Wildman–Crippen LogP) is 3.21. The predicted molar refractivity (Wildman–Crippen MR) is 123 cm³/mol. The van der Waals surface area contributed by atoms with Crippen LogP contribution in [-0.2, 0) is 24.0 Å². The van der Waals surface area contributed by atoms with Gasteiger partial charge in [-0.15, -0.1) is 16.8 Å². The number of thioether (sulfide) groups is 1. The van der Waals surface area contributed by atoms with Crippen LogP contribution in [-0.4, -0.2) is 57.7 Å². The molecule has 1 saturated heterocycles. The van der Waals surface area contributed by atoms with Crippen LogP contribution in [0.4, 0.5) is 0 Å². The molecule has 0 radical (unpaired) electrons. The molecule has 31 heavy (non-hydrogen) atoms. The summed E-state index contributed by atoms with van der Waals surface area (Å²) in [6.45, 7) is 3.84. The Hall–Kier alpha value is -2.26.